The Balaban J connectivity index is 1.75. The van der Waals surface area contributed by atoms with Gasteiger partial charge in [-0.3, -0.25) is 0 Å². The number of ether oxygens (including phenoxy) is 1. The van der Waals surface area contributed by atoms with Crippen LogP contribution >= 0.6 is 0 Å². The SMILES string of the molecule is CCOC(=O)CON=C1c2ccccc2-c2nc3nnnn3nc21. The molecule has 0 spiro atoms. The average molecular weight is 325 g/mol. The van der Waals surface area contributed by atoms with Crippen molar-refractivity contribution in [2.75, 3.05) is 13.2 Å². The van der Waals surface area contributed by atoms with Crippen molar-refractivity contribution in [3.8, 4) is 11.3 Å². The van der Waals surface area contributed by atoms with Crippen LogP contribution in [0.15, 0.2) is 29.4 Å². The number of hydrogen-bond donors (Lipinski definition) is 0. The van der Waals surface area contributed by atoms with Crippen LogP contribution in [0.1, 0.15) is 18.2 Å². The molecule has 120 valence electrons. The van der Waals surface area contributed by atoms with Gasteiger partial charge in [-0.15, -0.1) is 5.10 Å². The van der Waals surface area contributed by atoms with Crippen LogP contribution in [-0.4, -0.2) is 55.1 Å². The number of carbonyl (C=O) groups excluding carboxylic acids is 1. The summed E-state index contributed by atoms with van der Waals surface area (Å²) >= 11 is 0. The predicted octanol–water partition coefficient (Wildman–Crippen LogP) is 0.227. The first-order chi connectivity index (χ1) is 11.8. The molecule has 2 aromatic heterocycles. The molecule has 24 heavy (non-hydrogen) atoms. The minimum absolute atomic E-state index is 0.282. The maximum absolute atomic E-state index is 11.4. The standard InChI is InChI=1S/C14H11N7O3/c1-2-23-10(22)7-24-18-12-9-6-4-3-5-8(9)11-13(12)17-21-14(15-11)16-19-20-21/h3-6H,2,7H2,1H3. The van der Waals surface area contributed by atoms with Gasteiger partial charge >= 0.3 is 5.97 Å². The van der Waals surface area contributed by atoms with Gasteiger partial charge in [-0.05, 0) is 17.4 Å². The summed E-state index contributed by atoms with van der Waals surface area (Å²) in [5, 5.41) is 19.5. The Hall–Kier alpha value is -3.43. The van der Waals surface area contributed by atoms with Gasteiger partial charge in [-0.1, -0.05) is 39.1 Å². The van der Waals surface area contributed by atoms with Crippen molar-refractivity contribution in [1.82, 2.24) is 30.2 Å². The van der Waals surface area contributed by atoms with Crippen LogP contribution in [0, 0.1) is 0 Å². The zero-order valence-electron chi connectivity index (χ0n) is 12.6. The number of aromatic nitrogens is 6. The molecular weight excluding hydrogens is 314 g/mol. The van der Waals surface area contributed by atoms with Crippen LogP contribution in [0.2, 0.25) is 0 Å². The smallest absolute Gasteiger partial charge is 0.347 e. The lowest BCUT2D eigenvalue weighted by Crippen LogP contribution is -2.12. The summed E-state index contributed by atoms with van der Waals surface area (Å²) in [6, 6.07) is 7.53. The van der Waals surface area contributed by atoms with Crippen molar-refractivity contribution in [1.29, 1.82) is 0 Å². The molecule has 10 nitrogen and oxygen atoms in total. The molecule has 3 aromatic rings. The third-order valence-electron chi connectivity index (χ3n) is 3.37. The number of carbonyl (C=O) groups is 1. The molecule has 0 atom stereocenters. The van der Waals surface area contributed by atoms with Gasteiger partial charge < -0.3 is 9.57 Å². The molecular formula is C14H11N7O3. The number of hydrogen-bond acceptors (Lipinski definition) is 9. The van der Waals surface area contributed by atoms with Crippen LogP contribution in [-0.2, 0) is 14.4 Å². The normalized spacial score (nSPS) is 13.8. The quantitative estimate of drug-likeness (QED) is 0.386. The maximum atomic E-state index is 11.4. The van der Waals surface area contributed by atoms with E-state index in [0.29, 0.717) is 17.1 Å². The van der Waals surface area contributed by atoms with Gasteiger partial charge in [0.15, 0.2) is 0 Å². The summed E-state index contributed by atoms with van der Waals surface area (Å²) in [5.41, 5.74) is 3.22. The Morgan fingerprint density at radius 3 is 2.92 bits per heavy atom. The molecule has 0 N–H and O–H groups in total. The second-order valence-corrected chi connectivity index (χ2v) is 4.84. The number of benzene rings is 1. The minimum atomic E-state index is -0.490. The summed E-state index contributed by atoms with van der Waals surface area (Å²) in [4.78, 5) is 20.9. The zero-order chi connectivity index (χ0) is 16.5. The molecule has 0 aliphatic heterocycles. The van der Waals surface area contributed by atoms with Gasteiger partial charge in [0.1, 0.15) is 17.1 Å². The highest BCUT2D eigenvalue weighted by Crippen LogP contribution is 2.34. The van der Waals surface area contributed by atoms with Gasteiger partial charge in [-0.25, -0.2) is 9.78 Å². The van der Waals surface area contributed by atoms with Crippen molar-refractivity contribution in [3.63, 3.8) is 0 Å². The fourth-order valence-electron chi connectivity index (χ4n) is 2.42. The number of nitrogens with zero attached hydrogens (tertiary/aromatic N) is 7. The van der Waals surface area contributed by atoms with E-state index in [2.05, 4.69) is 30.8 Å². The molecule has 4 rings (SSSR count). The average Bonchev–Trinajstić information content (AvgIpc) is 3.16. The fraction of sp³-hybridized carbons (Fsp3) is 0.214. The molecule has 0 saturated carbocycles. The fourth-order valence-corrected chi connectivity index (χ4v) is 2.42. The highest BCUT2D eigenvalue weighted by atomic mass is 16.7. The summed E-state index contributed by atoms with van der Waals surface area (Å²) in [5.74, 6) is -0.201. The molecule has 0 saturated heterocycles. The Morgan fingerprint density at radius 1 is 1.25 bits per heavy atom. The molecule has 1 aromatic carbocycles. The number of rotatable bonds is 4. The van der Waals surface area contributed by atoms with Gasteiger partial charge in [-0.2, -0.15) is 0 Å². The van der Waals surface area contributed by atoms with Crippen LogP contribution in [0.5, 0.6) is 0 Å². The molecule has 0 bridgehead atoms. The predicted molar refractivity (Wildman–Crippen MR) is 80.0 cm³/mol. The lowest BCUT2D eigenvalue weighted by atomic mass is 10.1. The van der Waals surface area contributed by atoms with Crippen LogP contribution in [0.4, 0.5) is 0 Å². The third-order valence-corrected chi connectivity index (χ3v) is 3.37. The van der Waals surface area contributed by atoms with E-state index in [4.69, 9.17) is 9.57 Å². The molecule has 10 heteroatoms. The molecule has 2 heterocycles. The number of tetrazole rings is 1. The van der Waals surface area contributed by atoms with Crippen LogP contribution < -0.4 is 0 Å². The number of esters is 1. The van der Waals surface area contributed by atoms with E-state index in [1.165, 1.54) is 4.63 Å². The largest absolute Gasteiger partial charge is 0.463 e. The summed E-state index contributed by atoms with van der Waals surface area (Å²) in [7, 11) is 0. The van der Waals surface area contributed by atoms with E-state index in [9.17, 15) is 4.79 Å². The molecule has 1 aliphatic carbocycles. The summed E-state index contributed by atoms with van der Waals surface area (Å²) in [6.07, 6.45) is 0. The van der Waals surface area contributed by atoms with E-state index in [-0.39, 0.29) is 19.0 Å². The third kappa shape index (κ3) is 2.24. The second kappa shape index (κ2) is 5.65. The van der Waals surface area contributed by atoms with Crippen molar-refractivity contribution >= 4 is 17.5 Å². The number of oxime groups is 1. The zero-order valence-corrected chi connectivity index (χ0v) is 12.6. The van der Waals surface area contributed by atoms with E-state index < -0.39 is 5.97 Å². The maximum Gasteiger partial charge on any atom is 0.347 e. The molecule has 0 fully saturated rings. The Labute approximate surface area is 135 Å². The van der Waals surface area contributed by atoms with Gasteiger partial charge in [0.2, 0.25) is 6.61 Å². The molecule has 0 radical (unpaired) electrons. The lowest BCUT2D eigenvalue weighted by Gasteiger charge is -2.02. The Morgan fingerprint density at radius 2 is 2.08 bits per heavy atom. The first-order valence-corrected chi connectivity index (χ1v) is 7.20. The Kier molecular flexibility index (Phi) is 3.34. The van der Waals surface area contributed by atoms with Crippen molar-refractivity contribution in [3.05, 3.63) is 35.5 Å². The van der Waals surface area contributed by atoms with Crippen LogP contribution in [0.25, 0.3) is 17.0 Å². The number of fused-ring (bicyclic) bond motifs is 4. The van der Waals surface area contributed by atoms with Crippen molar-refractivity contribution < 1.29 is 14.4 Å². The first-order valence-electron chi connectivity index (χ1n) is 7.20. The second-order valence-electron chi connectivity index (χ2n) is 4.84. The first kappa shape index (κ1) is 14.2. The Bertz CT molecular complexity index is 966. The highest BCUT2D eigenvalue weighted by Gasteiger charge is 2.30. The van der Waals surface area contributed by atoms with E-state index in [1.54, 1.807) is 6.92 Å². The van der Waals surface area contributed by atoms with Gasteiger partial charge in [0, 0.05) is 11.1 Å². The monoisotopic (exact) mass is 325 g/mol. The topological polar surface area (TPSA) is 117 Å². The summed E-state index contributed by atoms with van der Waals surface area (Å²) in [6.45, 7) is 1.73. The molecule has 1 aliphatic rings. The lowest BCUT2D eigenvalue weighted by molar-refractivity contribution is -0.148. The van der Waals surface area contributed by atoms with E-state index >= 15 is 0 Å². The van der Waals surface area contributed by atoms with E-state index in [1.807, 2.05) is 24.3 Å². The van der Waals surface area contributed by atoms with E-state index in [0.717, 1.165) is 11.1 Å². The summed E-state index contributed by atoms with van der Waals surface area (Å²) < 4.78 is 6.01. The van der Waals surface area contributed by atoms with Crippen molar-refractivity contribution in [2.45, 2.75) is 6.92 Å². The molecule has 0 amide bonds. The van der Waals surface area contributed by atoms with Gasteiger partial charge in [0.05, 0.1) is 6.61 Å². The van der Waals surface area contributed by atoms with Crippen LogP contribution in [0.3, 0.4) is 0 Å². The van der Waals surface area contributed by atoms with Crippen molar-refractivity contribution in [2.24, 2.45) is 5.16 Å². The highest BCUT2D eigenvalue weighted by molar-refractivity contribution is 6.22. The molecule has 0 unspecified atom stereocenters. The minimum Gasteiger partial charge on any atom is -0.463 e. The van der Waals surface area contributed by atoms with Gasteiger partial charge in [0.25, 0.3) is 5.78 Å².